The van der Waals surface area contributed by atoms with Crippen molar-refractivity contribution in [3.8, 4) is 12.3 Å². The van der Waals surface area contributed by atoms with Crippen molar-refractivity contribution in [3.63, 3.8) is 0 Å². The third kappa shape index (κ3) is 4.10. The first kappa shape index (κ1) is 20.9. The number of rotatable bonds is 5. The lowest BCUT2D eigenvalue weighted by molar-refractivity contribution is -0.384. The van der Waals surface area contributed by atoms with Gasteiger partial charge in [-0.25, -0.2) is 0 Å². The number of hydrogen-bond donors (Lipinski definition) is 0. The van der Waals surface area contributed by atoms with Crippen LogP contribution in [0.2, 0.25) is 0 Å². The van der Waals surface area contributed by atoms with E-state index in [0.29, 0.717) is 31.7 Å². The number of non-ortho nitro benzene ring substituents is 1. The lowest BCUT2D eigenvalue weighted by Crippen LogP contribution is -2.16. The lowest BCUT2D eigenvalue weighted by Gasteiger charge is -2.02. The highest BCUT2D eigenvalue weighted by Crippen LogP contribution is 2.23. The Kier molecular flexibility index (Phi) is 5.75. The highest BCUT2D eigenvalue weighted by Gasteiger charge is 2.14. The maximum atomic E-state index is 12.8. The van der Waals surface area contributed by atoms with Gasteiger partial charge in [0.2, 0.25) is 0 Å². The largest absolute Gasteiger partial charge is 0.305 e. The van der Waals surface area contributed by atoms with Crippen LogP contribution in [-0.2, 0) is 6.54 Å². The van der Waals surface area contributed by atoms with Crippen molar-refractivity contribution in [1.29, 1.82) is 0 Å². The molecule has 8 heteroatoms. The van der Waals surface area contributed by atoms with E-state index in [4.69, 9.17) is 6.42 Å². The Labute approximate surface area is 186 Å². The highest BCUT2D eigenvalue weighted by molar-refractivity contribution is 7.16. The zero-order valence-corrected chi connectivity index (χ0v) is 17.4. The summed E-state index contributed by atoms with van der Waals surface area (Å²) in [5.74, 6) is 1.87. The Balaban J connectivity index is 1.68. The van der Waals surface area contributed by atoms with Crippen molar-refractivity contribution in [3.05, 3.63) is 104 Å². The summed E-state index contributed by atoms with van der Waals surface area (Å²) in [6, 6.07) is 19.5. The smallest absolute Gasteiger partial charge is 0.279 e. The SMILES string of the molecule is C#CCn1c(=NC(=O)c2ccc(C(=O)c3ccccc3)cc2)sc2cc([N+](=O)[O-])ccc21. The first-order valence-electron chi connectivity index (χ1n) is 9.48. The molecule has 156 valence electrons. The first-order chi connectivity index (χ1) is 15.5. The van der Waals surface area contributed by atoms with Crippen molar-refractivity contribution in [2.24, 2.45) is 4.99 Å². The molecule has 0 aliphatic heterocycles. The molecular formula is C24H15N3O4S. The molecule has 0 aliphatic rings. The van der Waals surface area contributed by atoms with Gasteiger partial charge in [0, 0.05) is 28.8 Å². The number of carbonyl (C=O) groups is 2. The normalized spacial score (nSPS) is 11.3. The first-order valence-corrected chi connectivity index (χ1v) is 10.3. The summed E-state index contributed by atoms with van der Waals surface area (Å²) in [4.78, 5) is 40.4. The molecule has 4 aromatic rings. The van der Waals surface area contributed by atoms with Crippen LogP contribution < -0.4 is 4.80 Å². The van der Waals surface area contributed by atoms with Crippen molar-refractivity contribution in [1.82, 2.24) is 4.57 Å². The van der Waals surface area contributed by atoms with Crippen LogP contribution in [0.3, 0.4) is 0 Å². The molecule has 0 spiro atoms. The minimum absolute atomic E-state index is 0.0526. The number of nitro benzene ring substituents is 1. The molecule has 0 fully saturated rings. The molecule has 0 atom stereocenters. The summed E-state index contributed by atoms with van der Waals surface area (Å²) in [6.45, 7) is 0.161. The fraction of sp³-hybridized carbons (Fsp3) is 0.0417. The molecule has 1 aromatic heterocycles. The number of hydrogen-bond acceptors (Lipinski definition) is 5. The third-order valence-electron chi connectivity index (χ3n) is 4.75. The number of fused-ring (bicyclic) bond motifs is 1. The van der Waals surface area contributed by atoms with E-state index in [1.807, 2.05) is 6.07 Å². The van der Waals surface area contributed by atoms with E-state index in [-0.39, 0.29) is 18.0 Å². The second-order valence-corrected chi connectivity index (χ2v) is 7.78. The third-order valence-corrected chi connectivity index (χ3v) is 5.79. The molecule has 0 unspecified atom stereocenters. The molecule has 0 N–H and O–H groups in total. The standard InChI is InChI=1S/C24H15N3O4S/c1-2-14-26-20-13-12-19(27(30)31)15-21(20)32-24(26)25-23(29)18-10-8-17(9-11-18)22(28)16-6-4-3-5-7-16/h1,3-13,15H,14H2. The Morgan fingerprint density at radius 1 is 1.00 bits per heavy atom. The van der Waals surface area contributed by atoms with Crippen LogP contribution in [-0.4, -0.2) is 21.2 Å². The second-order valence-electron chi connectivity index (χ2n) is 6.77. The number of ketones is 1. The zero-order valence-electron chi connectivity index (χ0n) is 16.6. The van der Waals surface area contributed by atoms with E-state index in [0.717, 1.165) is 11.3 Å². The molecule has 1 heterocycles. The van der Waals surface area contributed by atoms with Crippen LogP contribution >= 0.6 is 11.3 Å². The molecule has 0 saturated carbocycles. The van der Waals surface area contributed by atoms with Gasteiger partial charge in [0.05, 0.1) is 21.7 Å². The molecule has 0 radical (unpaired) electrons. The molecule has 4 rings (SSSR count). The summed E-state index contributed by atoms with van der Waals surface area (Å²) in [7, 11) is 0. The Morgan fingerprint density at radius 3 is 2.31 bits per heavy atom. The minimum Gasteiger partial charge on any atom is -0.305 e. The van der Waals surface area contributed by atoms with E-state index in [2.05, 4.69) is 10.9 Å². The lowest BCUT2D eigenvalue weighted by atomic mass is 10.0. The predicted octanol–water partition coefficient (Wildman–Crippen LogP) is 4.22. The van der Waals surface area contributed by atoms with E-state index in [1.54, 1.807) is 59.2 Å². The number of benzene rings is 3. The van der Waals surface area contributed by atoms with E-state index < -0.39 is 10.8 Å². The topological polar surface area (TPSA) is 94.6 Å². The van der Waals surface area contributed by atoms with Gasteiger partial charge in [0.1, 0.15) is 0 Å². The van der Waals surface area contributed by atoms with Gasteiger partial charge in [-0.2, -0.15) is 4.99 Å². The van der Waals surface area contributed by atoms with Crippen LogP contribution in [0.5, 0.6) is 0 Å². The van der Waals surface area contributed by atoms with Crippen LogP contribution in [0.15, 0.2) is 77.8 Å². The molecule has 1 amide bonds. The van der Waals surface area contributed by atoms with Gasteiger partial charge in [-0.1, -0.05) is 59.7 Å². The van der Waals surface area contributed by atoms with Crippen LogP contribution in [0.4, 0.5) is 5.69 Å². The van der Waals surface area contributed by atoms with Crippen LogP contribution in [0.25, 0.3) is 10.2 Å². The number of nitro groups is 1. The zero-order chi connectivity index (χ0) is 22.7. The monoisotopic (exact) mass is 441 g/mol. The highest BCUT2D eigenvalue weighted by atomic mass is 32.1. The Morgan fingerprint density at radius 2 is 1.66 bits per heavy atom. The molecule has 0 saturated heterocycles. The number of terminal acetylenes is 1. The average molecular weight is 441 g/mol. The summed E-state index contributed by atoms with van der Waals surface area (Å²) in [5.41, 5.74) is 1.94. The maximum absolute atomic E-state index is 12.8. The quantitative estimate of drug-likeness (QED) is 0.201. The van der Waals surface area contributed by atoms with Gasteiger partial charge in [-0.05, 0) is 18.2 Å². The van der Waals surface area contributed by atoms with Crippen LogP contribution in [0.1, 0.15) is 26.3 Å². The summed E-state index contributed by atoms with van der Waals surface area (Å²) in [6.07, 6.45) is 5.46. The number of nitrogens with zero attached hydrogens (tertiary/aromatic N) is 3. The van der Waals surface area contributed by atoms with Crippen LogP contribution in [0, 0.1) is 22.5 Å². The Bertz CT molecular complexity index is 1460. The van der Waals surface area contributed by atoms with Crippen molar-refractivity contribution < 1.29 is 14.5 Å². The number of thiazole rings is 1. The van der Waals surface area contributed by atoms with Gasteiger partial charge in [-0.15, -0.1) is 6.42 Å². The van der Waals surface area contributed by atoms with Crippen molar-refractivity contribution in [2.45, 2.75) is 6.54 Å². The van der Waals surface area contributed by atoms with E-state index in [9.17, 15) is 19.7 Å². The Hall–Kier alpha value is -4.35. The molecule has 32 heavy (non-hydrogen) atoms. The molecule has 3 aromatic carbocycles. The van der Waals surface area contributed by atoms with Crippen molar-refractivity contribution in [2.75, 3.05) is 0 Å². The number of aromatic nitrogens is 1. The van der Waals surface area contributed by atoms with E-state index in [1.165, 1.54) is 12.1 Å². The predicted molar refractivity (Wildman–Crippen MR) is 122 cm³/mol. The fourth-order valence-corrected chi connectivity index (χ4v) is 4.24. The molecule has 0 bridgehead atoms. The molecular weight excluding hydrogens is 426 g/mol. The van der Waals surface area contributed by atoms with Crippen molar-refractivity contribution >= 4 is 38.9 Å². The van der Waals surface area contributed by atoms with Gasteiger partial charge in [0.25, 0.3) is 11.6 Å². The summed E-state index contributed by atoms with van der Waals surface area (Å²) in [5, 5.41) is 11.1. The maximum Gasteiger partial charge on any atom is 0.279 e. The number of carbonyl (C=O) groups excluding carboxylic acids is 2. The van der Waals surface area contributed by atoms with Gasteiger partial charge < -0.3 is 4.57 Å². The van der Waals surface area contributed by atoms with Gasteiger partial charge >= 0.3 is 0 Å². The average Bonchev–Trinajstić information content (AvgIpc) is 3.15. The summed E-state index contributed by atoms with van der Waals surface area (Å²) < 4.78 is 2.26. The second kappa shape index (κ2) is 8.79. The molecule has 0 aliphatic carbocycles. The van der Waals surface area contributed by atoms with E-state index >= 15 is 0 Å². The minimum atomic E-state index is -0.504. The number of amides is 1. The fourth-order valence-electron chi connectivity index (χ4n) is 3.18. The van der Waals surface area contributed by atoms with Gasteiger partial charge in [-0.3, -0.25) is 19.7 Å². The summed E-state index contributed by atoms with van der Waals surface area (Å²) >= 11 is 1.15. The molecule has 7 nitrogen and oxygen atoms in total. The van der Waals surface area contributed by atoms with Gasteiger partial charge in [0.15, 0.2) is 10.6 Å².